The van der Waals surface area contributed by atoms with Crippen LogP contribution in [0.1, 0.15) is 12.5 Å². The maximum atomic E-state index is 5.35. The summed E-state index contributed by atoms with van der Waals surface area (Å²) in [4.78, 5) is 0. The average Bonchev–Trinajstić information content (AvgIpc) is 2.19. The zero-order valence-corrected chi connectivity index (χ0v) is 8.77. The molecule has 0 saturated carbocycles. The van der Waals surface area contributed by atoms with Crippen LogP contribution in [0.25, 0.3) is 0 Å². The molecule has 15 heavy (non-hydrogen) atoms. The van der Waals surface area contributed by atoms with E-state index in [4.69, 9.17) is 16.2 Å². The van der Waals surface area contributed by atoms with Crippen molar-refractivity contribution in [2.75, 3.05) is 0 Å². The van der Waals surface area contributed by atoms with Gasteiger partial charge in [0.25, 0.3) is 0 Å². The van der Waals surface area contributed by atoms with Crippen LogP contribution in [0.4, 0.5) is 0 Å². The van der Waals surface area contributed by atoms with E-state index in [1.54, 1.807) is 6.92 Å². The molecule has 80 valence electrons. The predicted molar refractivity (Wildman–Crippen MR) is 60.7 cm³/mol. The molecule has 0 atom stereocenters. The maximum Gasteiger partial charge on any atom is 0.211 e. The number of hydrogen-bond donors (Lipinski definition) is 2. The van der Waals surface area contributed by atoms with Crippen LogP contribution in [0.2, 0.25) is 0 Å². The van der Waals surface area contributed by atoms with Crippen LogP contribution in [0.5, 0.6) is 5.75 Å². The summed E-state index contributed by atoms with van der Waals surface area (Å²) in [5, 5.41) is 7.15. The van der Waals surface area contributed by atoms with E-state index in [0.29, 0.717) is 11.6 Å². The van der Waals surface area contributed by atoms with E-state index in [9.17, 15) is 0 Å². The van der Waals surface area contributed by atoms with Gasteiger partial charge in [-0.2, -0.15) is 0 Å². The van der Waals surface area contributed by atoms with E-state index in [-0.39, 0.29) is 5.96 Å². The topological polar surface area (TPSA) is 86.0 Å². The van der Waals surface area contributed by atoms with Crippen molar-refractivity contribution >= 4 is 11.9 Å². The van der Waals surface area contributed by atoms with Gasteiger partial charge >= 0.3 is 0 Å². The first kappa shape index (κ1) is 11.0. The lowest BCUT2D eigenvalue weighted by Gasteiger charge is -2.03. The van der Waals surface area contributed by atoms with Gasteiger partial charge in [0.2, 0.25) is 11.9 Å². The normalized spacial score (nSPS) is 10.9. The molecule has 1 rings (SSSR count). The molecule has 0 aromatic heterocycles. The molecule has 0 amide bonds. The van der Waals surface area contributed by atoms with Crippen LogP contribution in [0, 0.1) is 6.92 Å². The molecule has 5 nitrogen and oxygen atoms in total. The summed E-state index contributed by atoms with van der Waals surface area (Å²) in [5.74, 6) is 0.988. The second-order valence-electron chi connectivity index (χ2n) is 3.06. The van der Waals surface area contributed by atoms with Gasteiger partial charge in [0.05, 0.1) is 0 Å². The van der Waals surface area contributed by atoms with Crippen LogP contribution in [-0.4, -0.2) is 11.9 Å². The first-order valence-electron chi connectivity index (χ1n) is 4.45. The molecule has 0 heterocycles. The molecule has 5 heteroatoms. The summed E-state index contributed by atoms with van der Waals surface area (Å²) >= 11 is 0. The van der Waals surface area contributed by atoms with Gasteiger partial charge in [-0.25, -0.2) is 0 Å². The van der Waals surface area contributed by atoms with Crippen molar-refractivity contribution in [1.29, 1.82) is 0 Å². The van der Waals surface area contributed by atoms with Crippen LogP contribution in [0.3, 0.4) is 0 Å². The fraction of sp³-hybridized carbons (Fsp3) is 0.200. The van der Waals surface area contributed by atoms with Gasteiger partial charge in [0.1, 0.15) is 5.75 Å². The summed E-state index contributed by atoms with van der Waals surface area (Å²) in [6.07, 6.45) is 0. The second kappa shape index (κ2) is 4.99. The zero-order valence-electron chi connectivity index (χ0n) is 8.77. The van der Waals surface area contributed by atoms with E-state index in [0.717, 1.165) is 0 Å². The summed E-state index contributed by atoms with van der Waals surface area (Å²) in [6.45, 7) is 3.68. The first-order valence-corrected chi connectivity index (χ1v) is 4.45. The number of hydrogen-bond acceptors (Lipinski definition) is 3. The standard InChI is InChI=1S/C10H14N4O/c1-7-3-5-9(6-4-7)15-8(2)13-14-10(11)12/h3-6H,1-2H3,(H4,11,12,14)/b13-8-. The number of ether oxygens (including phenoxy) is 1. The Balaban J connectivity index is 2.66. The van der Waals surface area contributed by atoms with Crippen molar-refractivity contribution in [3.63, 3.8) is 0 Å². The predicted octanol–water partition coefficient (Wildman–Crippen LogP) is 0.981. The smallest absolute Gasteiger partial charge is 0.211 e. The van der Waals surface area contributed by atoms with E-state index in [1.807, 2.05) is 31.2 Å². The van der Waals surface area contributed by atoms with Crippen LogP contribution >= 0.6 is 0 Å². The fourth-order valence-corrected chi connectivity index (χ4v) is 0.925. The molecule has 0 radical (unpaired) electrons. The van der Waals surface area contributed by atoms with E-state index < -0.39 is 0 Å². The van der Waals surface area contributed by atoms with E-state index in [2.05, 4.69) is 10.2 Å². The second-order valence-corrected chi connectivity index (χ2v) is 3.06. The Labute approximate surface area is 88.4 Å². The molecule has 0 bridgehead atoms. The highest BCUT2D eigenvalue weighted by atomic mass is 16.5. The molecule has 1 aromatic rings. The number of rotatable bonds is 2. The van der Waals surface area contributed by atoms with Crippen molar-refractivity contribution in [3.05, 3.63) is 29.8 Å². The lowest BCUT2D eigenvalue weighted by molar-refractivity contribution is 0.543. The van der Waals surface area contributed by atoms with Crippen molar-refractivity contribution in [3.8, 4) is 5.75 Å². The fourth-order valence-electron chi connectivity index (χ4n) is 0.925. The molecule has 0 saturated heterocycles. The van der Waals surface area contributed by atoms with Crippen molar-refractivity contribution < 1.29 is 4.74 Å². The van der Waals surface area contributed by atoms with Gasteiger partial charge in [-0.05, 0) is 19.1 Å². The van der Waals surface area contributed by atoms with Gasteiger partial charge in [0, 0.05) is 6.92 Å². The largest absolute Gasteiger partial charge is 0.442 e. The minimum Gasteiger partial charge on any atom is -0.442 e. The molecular weight excluding hydrogens is 192 g/mol. The van der Waals surface area contributed by atoms with Crippen molar-refractivity contribution in [1.82, 2.24) is 0 Å². The number of guanidine groups is 1. The quantitative estimate of drug-likeness (QED) is 0.429. The number of benzene rings is 1. The molecule has 0 fully saturated rings. The molecule has 0 aliphatic carbocycles. The molecule has 1 aromatic carbocycles. The highest BCUT2D eigenvalue weighted by molar-refractivity contribution is 5.79. The Morgan fingerprint density at radius 2 is 1.73 bits per heavy atom. The molecule has 0 unspecified atom stereocenters. The van der Waals surface area contributed by atoms with Gasteiger partial charge in [0.15, 0.2) is 0 Å². The Hall–Kier alpha value is -2.04. The van der Waals surface area contributed by atoms with Crippen LogP contribution in [0.15, 0.2) is 34.5 Å². The SMILES string of the molecule is C/C(=N/N=C(N)N)Oc1ccc(C)cc1. The lowest BCUT2D eigenvalue weighted by atomic mass is 10.2. The Kier molecular flexibility index (Phi) is 3.68. The van der Waals surface area contributed by atoms with E-state index >= 15 is 0 Å². The third-order valence-corrected chi connectivity index (χ3v) is 1.59. The van der Waals surface area contributed by atoms with Crippen LogP contribution in [-0.2, 0) is 0 Å². The number of aryl methyl sites for hydroxylation is 1. The summed E-state index contributed by atoms with van der Waals surface area (Å²) < 4.78 is 5.35. The van der Waals surface area contributed by atoms with Gasteiger partial charge in [-0.15, -0.1) is 10.2 Å². The van der Waals surface area contributed by atoms with E-state index in [1.165, 1.54) is 5.56 Å². The molecule has 0 aliphatic rings. The average molecular weight is 206 g/mol. The summed E-state index contributed by atoms with van der Waals surface area (Å²) in [6, 6.07) is 7.60. The molecule has 0 aliphatic heterocycles. The Bertz CT molecular complexity index is 377. The number of nitrogens with zero attached hydrogens (tertiary/aromatic N) is 2. The molecular formula is C10H14N4O. The molecule has 0 spiro atoms. The van der Waals surface area contributed by atoms with Crippen molar-refractivity contribution in [2.24, 2.45) is 21.7 Å². The highest BCUT2D eigenvalue weighted by Gasteiger charge is 1.95. The monoisotopic (exact) mass is 206 g/mol. The maximum absolute atomic E-state index is 5.35. The van der Waals surface area contributed by atoms with Gasteiger partial charge in [-0.3, -0.25) is 0 Å². The zero-order chi connectivity index (χ0) is 11.3. The number of nitrogens with two attached hydrogens (primary N) is 2. The third kappa shape index (κ3) is 4.12. The molecule has 4 N–H and O–H groups in total. The summed E-state index contributed by atoms with van der Waals surface area (Å²) in [7, 11) is 0. The highest BCUT2D eigenvalue weighted by Crippen LogP contribution is 2.11. The van der Waals surface area contributed by atoms with Gasteiger partial charge in [-0.1, -0.05) is 17.7 Å². The minimum absolute atomic E-state index is 0.0955. The minimum atomic E-state index is -0.0955. The van der Waals surface area contributed by atoms with Gasteiger partial charge < -0.3 is 16.2 Å². The first-order chi connectivity index (χ1) is 7.08. The third-order valence-electron chi connectivity index (χ3n) is 1.59. The Morgan fingerprint density at radius 3 is 2.27 bits per heavy atom. The Morgan fingerprint density at radius 1 is 1.13 bits per heavy atom. The summed E-state index contributed by atoms with van der Waals surface area (Å²) in [5.41, 5.74) is 11.4. The van der Waals surface area contributed by atoms with Crippen molar-refractivity contribution in [2.45, 2.75) is 13.8 Å². The lowest BCUT2D eigenvalue weighted by Crippen LogP contribution is -2.22. The van der Waals surface area contributed by atoms with Crippen LogP contribution < -0.4 is 16.2 Å².